The average molecular weight is 505 g/mol. The van der Waals surface area contributed by atoms with E-state index in [0.29, 0.717) is 29.3 Å². The minimum atomic E-state index is -0.802. The van der Waals surface area contributed by atoms with E-state index in [2.05, 4.69) is 30.8 Å². The Balaban J connectivity index is 1.54. The average Bonchev–Trinajstić information content (AvgIpc) is 3.50. The number of aromatic nitrogens is 7. The predicted molar refractivity (Wildman–Crippen MR) is 134 cm³/mol. The summed E-state index contributed by atoms with van der Waals surface area (Å²) < 4.78 is 12.0. The van der Waals surface area contributed by atoms with Crippen LogP contribution in [0.25, 0.3) is 22.6 Å². The van der Waals surface area contributed by atoms with Gasteiger partial charge in [0.15, 0.2) is 0 Å². The van der Waals surface area contributed by atoms with E-state index in [-0.39, 0.29) is 12.0 Å². The van der Waals surface area contributed by atoms with E-state index in [1.54, 1.807) is 50.1 Å². The predicted octanol–water partition coefficient (Wildman–Crippen LogP) is 4.17. The van der Waals surface area contributed by atoms with E-state index < -0.39 is 12.4 Å². The molecule has 37 heavy (non-hydrogen) atoms. The number of nitrogens with zero attached hydrogens (tertiary/aromatic N) is 7. The highest BCUT2D eigenvalue weighted by molar-refractivity contribution is 6.04. The molecular formula is C25H28N8O4. The number of aryl methyl sites for hydroxylation is 2. The van der Waals surface area contributed by atoms with Gasteiger partial charge in [-0.2, -0.15) is 5.10 Å². The van der Waals surface area contributed by atoms with Crippen LogP contribution in [0.4, 0.5) is 10.6 Å². The molecule has 12 nitrogen and oxygen atoms in total. The van der Waals surface area contributed by atoms with Crippen LogP contribution >= 0.6 is 0 Å². The summed E-state index contributed by atoms with van der Waals surface area (Å²) in [5.74, 6) is 0.569. The van der Waals surface area contributed by atoms with Crippen LogP contribution < -0.4 is 5.32 Å². The Labute approximate surface area is 213 Å². The Bertz CT molecular complexity index is 1390. The molecule has 0 fully saturated rings. The van der Waals surface area contributed by atoms with Crippen LogP contribution in [0.15, 0.2) is 48.8 Å². The normalized spacial score (nSPS) is 11.8. The molecule has 192 valence electrons. The number of hydrogen-bond acceptors (Lipinski definition) is 9. The highest BCUT2D eigenvalue weighted by atomic mass is 16.7. The number of amides is 1. The van der Waals surface area contributed by atoms with Crippen LogP contribution in [0.2, 0.25) is 0 Å². The summed E-state index contributed by atoms with van der Waals surface area (Å²) in [7, 11) is 1.77. The van der Waals surface area contributed by atoms with Crippen molar-refractivity contribution in [1.82, 2.24) is 35.0 Å². The van der Waals surface area contributed by atoms with E-state index in [4.69, 9.17) is 9.47 Å². The number of ether oxygens (including phenoxy) is 2. The van der Waals surface area contributed by atoms with Crippen LogP contribution in [-0.4, -0.2) is 53.1 Å². The smallest absolute Gasteiger partial charge is 0.432 e. The highest BCUT2D eigenvalue weighted by Crippen LogP contribution is 2.30. The molecule has 1 amide bonds. The minimum absolute atomic E-state index is 0.258. The first-order chi connectivity index (χ1) is 17.8. The van der Waals surface area contributed by atoms with Crippen molar-refractivity contribution in [2.24, 2.45) is 7.05 Å². The van der Waals surface area contributed by atoms with Gasteiger partial charge in [-0.1, -0.05) is 25.1 Å². The van der Waals surface area contributed by atoms with Crippen LogP contribution in [-0.2, 0) is 16.5 Å². The molecule has 1 unspecified atom stereocenters. The third kappa shape index (κ3) is 5.80. The SMILES string of the molecule is CCC(OC(=O)OC(C)C)n1nnc(-c2c(-c3ccc(C(=O)Nc4ncccc4C)cc3)cnn2C)n1. The molecule has 3 aromatic heterocycles. The second-order valence-electron chi connectivity index (χ2n) is 8.56. The number of tetrazole rings is 1. The first-order valence-corrected chi connectivity index (χ1v) is 11.8. The number of carbonyl (C=O) groups excluding carboxylic acids is 2. The summed E-state index contributed by atoms with van der Waals surface area (Å²) in [6.07, 6.45) is 1.86. The van der Waals surface area contributed by atoms with Crippen LogP contribution in [0.3, 0.4) is 0 Å². The summed E-state index contributed by atoms with van der Waals surface area (Å²) in [5, 5.41) is 19.9. The van der Waals surface area contributed by atoms with Crippen molar-refractivity contribution in [2.75, 3.05) is 5.32 Å². The molecule has 12 heteroatoms. The Morgan fingerprint density at radius 2 is 1.86 bits per heavy atom. The Hall–Kier alpha value is -4.61. The molecule has 0 spiro atoms. The third-order valence-electron chi connectivity index (χ3n) is 5.45. The number of nitrogens with one attached hydrogen (secondary N) is 1. The maximum Gasteiger partial charge on any atom is 0.510 e. The molecule has 0 radical (unpaired) electrons. The number of benzene rings is 1. The van der Waals surface area contributed by atoms with Crippen molar-refractivity contribution in [2.45, 2.75) is 46.4 Å². The fourth-order valence-electron chi connectivity index (χ4n) is 3.58. The van der Waals surface area contributed by atoms with E-state index in [1.807, 2.05) is 38.1 Å². The van der Waals surface area contributed by atoms with Crippen LogP contribution in [0.1, 0.15) is 49.3 Å². The maximum absolute atomic E-state index is 12.7. The van der Waals surface area contributed by atoms with Gasteiger partial charge in [-0.15, -0.1) is 15.0 Å². The van der Waals surface area contributed by atoms with Crippen molar-refractivity contribution in [3.05, 3.63) is 59.9 Å². The van der Waals surface area contributed by atoms with Gasteiger partial charge >= 0.3 is 6.16 Å². The monoisotopic (exact) mass is 504 g/mol. The molecular weight excluding hydrogens is 476 g/mol. The maximum atomic E-state index is 12.7. The lowest BCUT2D eigenvalue weighted by Gasteiger charge is -2.15. The second kappa shape index (κ2) is 11.0. The van der Waals surface area contributed by atoms with Gasteiger partial charge in [-0.3, -0.25) is 9.48 Å². The Kier molecular flexibility index (Phi) is 7.56. The van der Waals surface area contributed by atoms with Gasteiger partial charge in [0.25, 0.3) is 5.91 Å². The standard InChI is InChI=1S/C25H28N8O4/c1-6-20(37-25(35)36-15(2)3)33-30-23(29-31-33)21-19(14-27-32(21)5)17-9-11-18(12-10-17)24(34)28-22-16(4)8-7-13-26-22/h7-15,20H,6H2,1-5H3,(H,26,28,34). The molecule has 4 aromatic rings. The number of pyridine rings is 1. The first-order valence-electron chi connectivity index (χ1n) is 11.8. The van der Waals surface area contributed by atoms with Crippen LogP contribution in [0.5, 0.6) is 0 Å². The molecule has 0 saturated carbocycles. The zero-order chi connectivity index (χ0) is 26.5. The zero-order valence-electron chi connectivity index (χ0n) is 21.2. The molecule has 0 saturated heterocycles. The van der Waals surface area contributed by atoms with Gasteiger partial charge in [0.2, 0.25) is 12.1 Å². The van der Waals surface area contributed by atoms with E-state index >= 15 is 0 Å². The number of anilines is 1. The van der Waals surface area contributed by atoms with Crippen molar-refractivity contribution < 1.29 is 19.1 Å². The summed E-state index contributed by atoms with van der Waals surface area (Å²) in [6, 6.07) is 10.8. The van der Waals surface area contributed by atoms with Crippen molar-refractivity contribution >= 4 is 17.9 Å². The zero-order valence-corrected chi connectivity index (χ0v) is 21.2. The molecule has 0 bridgehead atoms. The summed E-state index contributed by atoms with van der Waals surface area (Å²) in [6.45, 7) is 7.18. The molecule has 4 rings (SSSR count). The lowest BCUT2D eigenvalue weighted by atomic mass is 10.0. The second-order valence-corrected chi connectivity index (χ2v) is 8.56. The summed E-state index contributed by atoms with van der Waals surface area (Å²) >= 11 is 0. The lowest BCUT2D eigenvalue weighted by Crippen LogP contribution is -2.21. The first kappa shape index (κ1) is 25.5. The van der Waals surface area contributed by atoms with Gasteiger partial charge in [0.05, 0.1) is 12.3 Å². The van der Waals surface area contributed by atoms with Crippen molar-refractivity contribution in [3.8, 4) is 22.6 Å². The van der Waals surface area contributed by atoms with E-state index in [9.17, 15) is 9.59 Å². The largest absolute Gasteiger partial charge is 0.510 e. The summed E-state index contributed by atoms with van der Waals surface area (Å²) in [5.41, 5.74) is 3.55. The number of rotatable bonds is 8. The van der Waals surface area contributed by atoms with Gasteiger partial charge < -0.3 is 14.8 Å². The topological polar surface area (TPSA) is 139 Å². The van der Waals surface area contributed by atoms with Gasteiger partial charge in [-0.05, 0) is 55.3 Å². The fourth-order valence-corrected chi connectivity index (χ4v) is 3.58. The number of carbonyl (C=O) groups is 2. The quantitative estimate of drug-likeness (QED) is 0.350. The van der Waals surface area contributed by atoms with Gasteiger partial charge in [-0.25, -0.2) is 9.78 Å². The molecule has 1 atom stereocenters. The molecule has 0 aliphatic rings. The Morgan fingerprint density at radius 3 is 2.54 bits per heavy atom. The molecule has 3 heterocycles. The van der Waals surface area contributed by atoms with Gasteiger partial charge in [0, 0.05) is 30.8 Å². The van der Waals surface area contributed by atoms with E-state index in [1.165, 1.54) is 4.80 Å². The summed E-state index contributed by atoms with van der Waals surface area (Å²) in [4.78, 5) is 30.1. The highest BCUT2D eigenvalue weighted by Gasteiger charge is 2.23. The van der Waals surface area contributed by atoms with E-state index in [0.717, 1.165) is 16.7 Å². The fraction of sp³-hybridized carbons (Fsp3) is 0.320. The van der Waals surface area contributed by atoms with Crippen molar-refractivity contribution in [1.29, 1.82) is 0 Å². The molecule has 1 N–H and O–H groups in total. The number of hydrogen-bond donors (Lipinski definition) is 1. The van der Waals surface area contributed by atoms with Gasteiger partial charge in [0.1, 0.15) is 11.5 Å². The lowest BCUT2D eigenvalue weighted by molar-refractivity contribution is -0.0290. The van der Waals surface area contributed by atoms with Crippen LogP contribution in [0, 0.1) is 6.92 Å². The molecule has 0 aliphatic heterocycles. The minimum Gasteiger partial charge on any atom is -0.432 e. The molecule has 1 aromatic carbocycles. The van der Waals surface area contributed by atoms with Crippen molar-refractivity contribution in [3.63, 3.8) is 0 Å². The molecule has 0 aliphatic carbocycles. The third-order valence-corrected chi connectivity index (χ3v) is 5.45. The Morgan fingerprint density at radius 1 is 1.11 bits per heavy atom.